The topological polar surface area (TPSA) is 75.4 Å². The van der Waals surface area contributed by atoms with Gasteiger partial charge in [-0.15, -0.1) is 0 Å². The van der Waals surface area contributed by atoms with Crippen molar-refractivity contribution in [1.82, 2.24) is 5.32 Å². The van der Waals surface area contributed by atoms with Crippen LogP contribution in [0.1, 0.15) is 37.7 Å². The summed E-state index contributed by atoms with van der Waals surface area (Å²) in [4.78, 5) is 10.4. The molecule has 2 rings (SSSR count). The van der Waals surface area contributed by atoms with Crippen LogP contribution in [0.3, 0.4) is 0 Å². The van der Waals surface area contributed by atoms with E-state index in [2.05, 4.69) is 5.32 Å². The van der Waals surface area contributed by atoms with Crippen LogP contribution in [-0.4, -0.2) is 23.2 Å². The van der Waals surface area contributed by atoms with Gasteiger partial charge in [-0.3, -0.25) is 10.1 Å². The van der Waals surface area contributed by atoms with E-state index in [-0.39, 0.29) is 22.7 Å². The maximum Gasteiger partial charge on any atom is 0.288 e. The molecule has 116 valence electrons. The lowest BCUT2D eigenvalue weighted by Crippen LogP contribution is -2.38. The minimum atomic E-state index is -0.470. The number of aliphatic hydroxyl groups is 1. The molecule has 1 aromatic rings. The number of halogens is 1. The molecule has 1 saturated carbocycles. The highest BCUT2D eigenvalue weighted by Gasteiger charge is 2.30. The molecule has 0 aliphatic heterocycles. The third-order valence-corrected chi connectivity index (χ3v) is 4.61. The van der Waals surface area contributed by atoms with Crippen LogP contribution in [0.2, 0.25) is 5.02 Å². The number of nitro benzene ring substituents is 1. The number of rotatable bonds is 6. The maximum atomic E-state index is 10.9. The van der Waals surface area contributed by atoms with Crippen molar-refractivity contribution in [2.75, 3.05) is 13.2 Å². The number of aliphatic hydroxyl groups excluding tert-OH is 1. The van der Waals surface area contributed by atoms with E-state index in [1.807, 2.05) is 0 Å². The summed E-state index contributed by atoms with van der Waals surface area (Å²) in [7, 11) is 0. The van der Waals surface area contributed by atoms with Gasteiger partial charge in [0.05, 0.1) is 4.92 Å². The Kier molecular flexibility index (Phi) is 5.56. The van der Waals surface area contributed by atoms with Crippen LogP contribution >= 0.6 is 11.6 Å². The molecule has 0 amide bonds. The molecular weight excluding hydrogens is 292 g/mol. The van der Waals surface area contributed by atoms with Crippen molar-refractivity contribution in [3.63, 3.8) is 0 Å². The minimum absolute atomic E-state index is 0.0311. The Bertz CT molecular complexity index is 502. The molecule has 5 nitrogen and oxygen atoms in total. The summed E-state index contributed by atoms with van der Waals surface area (Å²) in [6.45, 7) is 1.47. The van der Waals surface area contributed by atoms with Gasteiger partial charge >= 0.3 is 0 Å². The van der Waals surface area contributed by atoms with E-state index in [9.17, 15) is 15.2 Å². The molecule has 1 fully saturated rings. The van der Waals surface area contributed by atoms with Crippen LogP contribution in [0, 0.1) is 15.5 Å². The molecule has 0 bridgehead atoms. The SMILES string of the molecule is O=[N+]([O-])c1cc(CNCC2(CO)CCCCC2)ccc1Cl. The highest BCUT2D eigenvalue weighted by molar-refractivity contribution is 6.32. The lowest BCUT2D eigenvalue weighted by molar-refractivity contribution is -0.384. The number of hydrogen-bond donors (Lipinski definition) is 2. The van der Waals surface area contributed by atoms with Crippen LogP contribution in [0.5, 0.6) is 0 Å². The highest BCUT2D eigenvalue weighted by Crippen LogP contribution is 2.35. The Morgan fingerprint density at radius 2 is 2.05 bits per heavy atom. The molecule has 0 radical (unpaired) electrons. The van der Waals surface area contributed by atoms with Gasteiger partial charge in [0.25, 0.3) is 5.69 Å². The van der Waals surface area contributed by atoms with E-state index in [4.69, 9.17) is 11.6 Å². The predicted octanol–water partition coefficient (Wildman–Crippen LogP) is 3.28. The van der Waals surface area contributed by atoms with E-state index < -0.39 is 4.92 Å². The van der Waals surface area contributed by atoms with E-state index in [1.165, 1.54) is 12.5 Å². The first-order valence-corrected chi connectivity index (χ1v) is 7.68. The van der Waals surface area contributed by atoms with E-state index in [1.54, 1.807) is 12.1 Å². The van der Waals surface area contributed by atoms with Crippen molar-refractivity contribution in [3.05, 3.63) is 38.9 Å². The fourth-order valence-electron chi connectivity index (χ4n) is 2.97. The van der Waals surface area contributed by atoms with E-state index >= 15 is 0 Å². The highest BCUT2D eigenvalue weighted by atomic mass is 35.5. The Balaban J connectivity index is 1.93. The average Bonchev–Trinajstić information content (AvgIpc) is 2.49. The van der Waals surface area contributed by atoms with Crippen LogP contribution in [0.4, 0.5) is 5.69 Å². The van der Waals surface area contributed by atoms with Gasteiger partial charge < -0.3 is 10.4 Å². The second-order valence-corrected chi connectivity index (χ2v) is 6.27. The zero-order valence-corrected chi connectivity index (χ0v) is 12.7. The summed E-state index contributed by atoms with van der Waals surface area (Å²) < 4.78 is 0. The summed E-state index contributed by atoms with van der Waals surface area (Å²) in [5.74, 6) is 0. The van der Waals surface area contributed by atoms with E-state index in [0.717, 1.165) is 37.8 Å². The normalized spacial score (nSPS) is 17.6. The van der Waals surface area contributed by atoms with E-state index in [0.29, 0.717) is 6.54 Å². The fraction of sp³-hybridized carbons (Fsp3) is 0.600. The maximum absolute atomic E-state index is 10.9. The molecule has 1 aliphatic carbocycles. The smallest absolute Gasteiger partial charge is 0.288 e. The molecule has 21 heavy (non-hydrogen) atoms. The van der Waals surface area contributed by atoms with Gasteiger partial charge in [0.15, 0.2) is 0 Å². The van der Waals surface area contributed by atoms with Gasteiger partial charge in [-0.05, 0) is 24.5 Å². The monoisotopic (exact) mass is 312 g/mol. The summed E-state index contributed by atoms with van der Waals surface area (Å²) in [6, 6.07) is 4.84. The lowest BCUT2D eigenvalue weighted by Gasteiger charge is -2.35. The van der Waals surface area contributed by atoms with Crippen molar-refractivity contribution < 1.29 is 10.0 Å². The van der Waals surface area contributed by atoms with Gasteiger partial charge in [-0.1, -0.05) is 36.9 Å². The van der Waals surface area contributed by atoms with Crippen molar-refractivity contribution in [2.24, 2.45) is 5.41 Å². The molecule has 0 saturated heterocycles. The number of benzene rings is 1. The van der Waals surface area contributed by atoms with Crippen LogP contribution in [-0.2, 0) is 6.54 Å². The minimum Gasteiger partial charge on any atom is -0.396 e. The molecule has 1 aromatic carbocycles. The zero-order valence-electron chi connectivity index (χ0n) is 12.0. The average molecular weight is 313 g/mol. The van der Waals surface area contributed by atoms with Crippen LogP contribution in [0.15, 0.2) is 18.2 Å². The summed E-state index contributed by atoms with van der Waals surface area (Å²) >= 11 is 5.80. The Morgan fingerprint density at radius 3 is 2.67 bits per heavy atom. The molecule has 0 atom stereocenters. The standard InChI is InChI=1S/C15H21ClN2O3/c16-13-5-4-12(8-14(13)18(20)21)9-17-10-15(11-19)6-2-1-3-7-15/h4-5,8,17,19H,1-3,6-7,9-11H2. The number of hydrogen-bond acceptors (Lipinski definition) is 4. The van der Waals surface area contributed by atoms with Crippen LogP contribution < -0.4 is 5.32 Å². The third kappa shape index (κ3) is 4.15. The van der Waals surface area contributed by atoms with Crippen LogP contribution in [0.25, 0.3) is 0 Å². The molecule has 2 N–H and O–H groups in total. The van der Waals surface area contributed by atoms with Gasteiger partial charge in [-0.2, -0.15) is 0 Å². The van der Waals surface area contributed by atoms with Gasteiger partial charge in [-0.25, -0.2) is 0 Å². The summed E-state index contributed by atoms with van der Waals surface area (Å²) in [6.07, 6.45) is 5.64. The second-order valence-electron chi connectivity index (χ2n) is 5.87. The fourth-order valence-corrected chi connectivity index (χ4v) is 3.16. The van der Waals surface area contributed by atoms with Crippen molar-refractivity contribution in [2.45, 2.75) is 38.6 Å². The Hall–Kier alpha value is -1.17. The van der Waals surface area contributed by atoms with Gasteiger partial charge in [0.2, 0.25) is 0 Å². The summed E-state index contributed by atoms with van der Waals surface area (Å²) in [5, 5.41) is 24.0. The Labute approximate surface area is 129 Å². The molecule has 1 aliphatic rings. The molecule has 0 spiro atoms. The van der Waals surface area contributed by atoms with Gasteiger partial charge in [0.1, 0.15) is 5.02 Å². The molecular formula is C15H21ClN2O3. The first-order valence-electron chi connectivity index (χ1n) is 7.31. The number of nitro groups is 1. The largest absolute Gasteiger partial charge is 0.396 e. The lowest BCUT2D eigenvalue weighted by atomic mass is 9.74. The molecule has 0 heterocycles. The quantitative estimate of drug-likeness (QED) is 0.624. The van der Waals surface area contributed by atoms with Crippen molar-refractivity contribution in [1.29, 1.82) is 0 Å². The first kappa shape index (κ1) is 16.2. The zero-order chi connectivity index (χ0) is 15.3. The predicted molar refractivity (Wildman–Crippen MR) is 82.4 cm³/mol. The molecule has 0 unspecified atom stereocenters. The Morgan fingerprint density at radius 1 is 1.33 bits per heavy atom. The van der Waals surface area contributed by atoms with Crippen molar-refractivity contribution >= 4 is 17.3 Å². The first-order chi connectivity index (χ1) is 10.1. The molecule has 6 heteroatoms. The van der Waals surface area contributed by atoms with Gasteiger partial charge in [0, 0.05) is 31.2 Å². The number of nitrogens with zero attached hydrogens (tertiary/aromatic N) is 1. The second kappa shape index (κ2) is 7.20. The summed E-state index contributed by atoms with van der Waals surface area (Å²) in [5.41, 5.74) is 0.733. The number of nitrogens with one attached hydrogen (secondary N) is 1. The van der Waals surface area contributed by atoms with Crippen molar-refractivity contribution in [3.8, 4) is 0 Å². The third-order valence-electron chi connectivity index (χ3n) is 4.29. The molecule has 0 aromatic heterocycles.